The predicted molar refractivity (Wildman–Crippen MR) is 156 cm³/mol. The van der Waals surface area contributed by atoms with Gasteiger partial charge in [-0.25, -0.2) is 9.69 Å². The lowest BCUT2D eigenvalue weighted by Gasteiger charge is -2.34. The maximum Gasteiger partial charge on any atom is 0.421 e. The van der Waals surface area contributed by atoms with E-state index in [2.05, 4.69) is 0 Å². The first kappa shape index (κ1) is 30.8. The summed E-state index contributed by atoms with van der Waals surface area (Å²) in [5, 5.41) is 11.3. The van der Waals surface area contributed by atoms with E-state index >= 15 is 0 Å². The Morgan fingerprint density at radius 3 is 2.37 bits per heavy atom. The number of carbonyl (C=O) groups excluding carboxylic acids is 3. The van der Waals surface area contributed by atoms with Crippen LogP contribution in [0.4, 0.5) is 16.2 Å². The molecule has 0 spiro atoms. The van der Waals surface area contributed by atoms with Gasteiger partial charge >= 0.3 is 6.09 Å². The molecule has 1 aliphatic rings. The van der Waals surface area contributed by atoms with Gasteiger partial charge in [-0.2, -0.15) is 0 Å². The minimum absolute atomic E-state index is 0.0265. The van der Waals surface area contributed by atoms with Gasteiger partial charge in [-0.15, -0.1) is 0 Å². The molecule has 3 amide bonds. The first-order valence-electron chi connectivity index (χ1n) is 13.4. The summed E-state index contributed by atoms with van der Waals surface area (Å²) in [6, 6.07) is 13.8. The SMILES string of the molecule is COc1ccc(CN2C(=O)COc3c(C)cccc3C2C(=O)N(C(=O)OC(C)(C)C)c2ccc([N+](=O)[O-])cc2)c(OC)c1. The van der Waals surface area contributed by atoms with Gasteiger partial charge < -0.3 is 23.8 Å². The number of non-ortho nitro benzene ring substituents is 1. The zero-order valence-electron chi connectivity index (χ0n) is 24.8. The molecule has 3 aromatic rings. The fourth-order valence-corrected chi connectivity index (χ4v) is 4.70. The highest BCUT2D eigenvalue weighted by Gasteiger charge is 2.42. The summed E-state index contributed by atoms with van der Waals surface area (Å²) in [6.45, 7) is 6.29. The number of fused-ring (bicyclic) bond motifs is 1. The van der Waals surface area contributed by atoms with Crippen LogP contribution in [0.2, 0.25) is 0 Å². The second-order valence-electron chi connectivity index (χ2n) is 10.8. The highest BCUT2D eigenvalue weighted by Crippen LogP contribution is 2.39. The number of nitro groups is 1. The molecule has 0 radical (unpaired) electrons. The minimum Gasteiger partial charge on any atom is -0.497 e. The van der Waals surface area contributed by atoms with E-state index in [4.69, 9.17) is 18.9 Å². The summed E-state index contributed by atoms with van der Waals surface area (Å²) >= 11 is 0. The van der Waals surface area contributed by atoms with Crippen LogP contribution in [0.3, 0.4) is 0 Å². The zero-order valence-corrected chi connectivity index (χ0v) is 24.8. The van der Waals surface area contributed by atoms with Crippen LogP contribution in [-0.2, 0) is 20.9 Å². The molecule has 0 saturated heterocycles. The van der Waals surface area contributed by atoms with Crippen molar-refractivity contribution in [3.63, 3.8) is 0 Å². The number of ether oxygens (including phenoxy) is 4. The van der Waals surface area contributed by atoms with Crippen LogP contribution in [0.25, 0.3) is 0 Å². The Morgan fingerprint density at radius 2 is 1.77 bits per heavy atom. The van der Waals surface area contributed by atoms with E-state index < -0.39 is 34.5 Å². The Labute approximate surface area is 248 Å². The molecule has 0 saturated carbocycles. The fourth-order valence-electron chi connectivity index (χ4n) is 4.70. The molecule has 12 nitrogen and oxygen atoms in total. The van der Waals surface area contributed by atoms with Crippen molar-refractivity contribution in [1.82, 2.24) is 4.90 Å². The maximum atomic E-state index is 14.7. The summed E-state index contributed by atoms with van der Waals surface area (Å²) in [5.74, 6) is -0.0338. The van der Waals surface area contributed by atoms with Gasteiger partial charge in [0.15, 0.2) is 6.61 Å². The lowest BCUT2D eigenvalue weighted by Crippen LogP contribution is -2.49. The quantitative estimate of drug-likeness (QED) is 0.263. The summed E-state index contributed by atoms with van der Waals surface area (Å²) in [5.41, 5.74) is 0.435. The monoisotopic (exact) mass is 591 g/mol. The van der Waals surface area contributed by atoms with Crippen molar-refractivity contribution < 1.29 is 38.3 Å². The Balaban J connectivity index is 1.90. The van der Waals surface area contributed by atoms with Gasteiger partial charge in [-0.3, -0.25) is 19.7 Å². The number of methoxy groups -OCH3 is 2. The molecule has 0 bridgehead atoms. The number of anilines is 1. The Kier molecular flexibility index (Phi) is 8.88. The number of benzene rings is 3. The Morgan fingerprint density at radius 1 is 1.07 bits per heavy atom. The largest absolute Gasteiger partial charge is 0.497 e. The second-order valence-corrected chi connectivity index (χ2v) is 10.8. The first-order chi connectivity index (χ1) is 20.3. The average molecular weight is 592 g/mol. The van der Waals surface area contributed by atoms with E-state index in [0.29, 0.717) is 33.9 Å². The molecule has 12 heteroatoms. The van der Waals surface area contributed by atoms with Crippen LogP contribution in [-0.4, -0.2) is 54.2 Å². The highest BCUT2D eigenvalue weighted by molar-refractivity contribution is 6.15. The number of para-hydroxylation sites is 1. The molecular formula is C31H33N3O9. The summed E-state index contributed by atoms with van der Waals surface area (Å²) in [7, 11) is 2.99. The number of carbonyl (C=O) groups is 3. The van der Waals surface area contributed by atoms with Gasteiger partial charge in [0.1, 0.15) is 28.9 Å². The zero-order chi connectivity index (χ0) is 31.5. The predicted octanol–water partition coefficient (Wildman–Crippen LogP) is 5.35. The van der Waals surface area contributed by atoms with Gasteiger partial charge in [0.05, 0.1) is 31.4 Å². The van der Waals surface area contributed by atoms with Crippen LogP contribution >= 0.6 is 0 Å². The Bertz CT molecular complexity index is 1550. The van der Waals surface area contributed by atoms with Gasteiger partial charge in [0.2, 0.25) is 0 Å². The Hall–Kier alpha value is -5.13. The van der Waals surface area contributed by atoms with Crippen molar-refractivity contribution in [1.29, 1.82) is 0 Å². The molecule has 226 valence electrons. The number of amides is 3. The van der Waals surface area contributed by atoms with Crippen molar-refractivity contribution in [2.75, 3.05) is 25.7 Å². The van der Waals surface area contributed by atoms with Gasteiger partial charge in [0.25, 0.3) is 17.5 Å². The topological polar surface area (TPSA) is 138 Å². The summed E-state index contributed by atoms with van der Waals surface area (Å²) in [6.07, 6.45) is -1.01. The normalized spacial score (nSPS) is 14.6. The van der Waals surface area contributed by atoms with Crippen molar-refractivity contribution in [2.45, 2.75) is 45.9 Å². The number of hydrogen-bond donors (Lipinski definition) is 0. The van der Waals surface area contributed by atoms with Crippen molar-refractivity contribution in [3.05, 3.63) is 87.5 Å². The van der Waals surface area contributed by atoms with Gasteiger partial charge in [-0.1, -0.05) is 18.2 Å². The van der Waals surface area contributed by atoms with Crippen LogP contribution in [0, 0.1) is 17.0 Å². The number of hydrogen-bond acceptors (Lipinski definition) is 9. The number of nitrogens with zero attached hydrogens (tertiary/aromatic N) is 3. The standard InChI is InChI=1S/C31H33N3O9/c1-19-8-7-9-24-27(29(36)33(30(37)43-31(2,3)4)21-11-13-22(14-12-21)34(38)39)32(26(35)18-42-28(19)24)17-20-10-15-23(40-5)16-25(20)41-6/h7-16,27H,17-18H2,1-6H3. The molecule has 1 atom stereocenters. The van der Waals surface area contributed by atoms with Gasteiger partial charge in [-0.05, 0) is 57.5 Å². The first-order valence-corrected chi connectivity index (χ1v) is 13.4. The fraction of sp³-hybridized carbons (Fsp3) is 0.323. The molecular weight excluding hydrogens is 558 g/mol. The number of aryl methyl sites for hydroxylation is 1. The highest BCUT2D eigenvalue weighted by atomic mass is 16.6. The number of imide groups is 1. The van der Waals surface area contributed by atoms with Gasteiger partial charge in [0, 0.05) is 29.3 Å². The molecule has 0 N–H and O–H groups in total. The van der Waals surface area contributed by atoms with Crippen molar-refractivity contribution in [3.8, 4) is 17.2 Å². The third kappa shape index (κ3) is 6.69. The summed E-state index contributed by atoms with van der Waals surface area (Å²) in [4.78, 5) is 54.8. The van der Waals surface area contributed by atoms with E-state index in [1.54, 1.807) is 64.1 Å². The van der Waals surface area contributed by atoms with E-state index in [1.165, 1.54) is 43.4 Å². The van der Waals surface area contributed by atoms with E-state index in [1.807, 2.05) is 0 Å². The molecule has 0 aromatic heterocycles. The minimum atomic E-state index is -1.35. The lowest BCUT2D eigenvalue weighted by atomic mass is 9.99. The lowest BCUT2D eigenvalue weighted by molar-refractivity contribution is -0.384. The second kappa shape index (κ2) is 12.4. The van der Waals surface area contributed by atoms with E-state index in [-0.39, 0.29) is 24.5 Å². The maximum absolute atomic E-state index is 14.7. The third-order valence-corrected chi connectivity index (χ3v) is 6.69. The van der Waals surface area contributed by atoms with Crippen LogP contribution in [0.15, 0.2) is 60.7 Å². The smallest absolute Gasteiger partial charge is 0.421 e. The molecule has 1 aliphatic heterocycles. The molecule has 3 aromatic carbocycles. The van der Waals surface area contributed by atoms with Crippen molar-refractivity contribution >= 4 is 29.3 Å². The molecule has 0 fully saturated rings. The average Bonchev–Trinajstić information content (AvgIpc) is 3.09. The summed E-state index contributed by atoms with van der Waals surface area (Å²) < 4.78 is 22.3. The molecule has 4 rings (SSSR count). The van der Waals surface area contributed by atoms with E-state index in [0.717, 1.165) is 4.90 Å². The molecule has 1 unspecified atom stereocenters. The number of rotatable bonds is 7. The van der Waals surface area contributed by atoms with Crippen molar-refractivity contribution in [2.24, 2.45) is 0 Å². The van der Waals surface area contributed by atoms with Crippen LogP contribution in [0.1, 0.15) is 43.5 Å². The molecule has 43 heavy (non-hydrogen) atoms. The molecule has 1 heterocycles. The van der Waals surface area contributed by atoms with Crippen LogP contribution < -0.4 is 19.1 Å². The van der Waals surface area contributed by atoms with E-state index in [9.17, 15) is 24.5 Å². The number of nitro benzene ring substituents is 1. The third-order valence-electron chi connectivity index (χ3n) is 6.69. The van der Waals surface area contributed by atoms with Crippen LogP contribution in [0.5, 0.6) is 17.2 Å². The molecule has 0 aliphatic carbocycles.